The lowest BCUT2D eigenvalue weighted by Crippen LogP contribution is -2.29. The minimum atomic E-state index is -0.545. The molecular formula is C126H90N2OS. The van der Waals surface area contributed by atoms with Gasteiger partial charge in [0.2, 0.25) is 0 Å². The fraction of sp³-hybridized carbons (Fsp3) is 0.0476. The molecule has 0 saturated heterocycles. The second kappa shape index (κ2) is 32.8. The van der Waals surface area contributed by atoms with Crippen LogP contribution in [0.25, 0.3) is 131 Å². The Labute approximate surface area is 763 Å². The van der Waals surface area contributed by atoms with Gasteiger partial charge in [-0.2, -0.15) is 0 Å². The van der Waals surface area contributed by atoms with Crippen molar-refractivity contribution in [3.63, 3.8) is 0 Å². The second-order valence-corrected chi connectivity index (χ2v) is 35.8. The second-order valence-electron chi connectivity index (χ2n) is 34.8. The molecule has 2 aromatic heterocycles. The van der Waals surface area contributed by atoms with Crippen molar-refractivity contribution in [2.24, 2.45) is 0 Å². The minimum absolute atomic E-state index is 0.533. The van der Waals surface area contributed by atoms with E-state index in [0.717, 1.165) is 78.3 Å². The molecule has 20 aromatic carbocycles. The zero-order chi connectivity index (χ0) is 87.0. The lowest BCUT2D eigenvalue weighted by atomic mass is 9.67. The van der Waals surface area contributed by atoms with Crippen LogP contribution in [0.4, 0.5) is 34.1 Å². The highest BCUT2D eigenvalue weighted by molar-refractivity contribution is 7.26. The summed E-state index contributed by atoms with van der Waals surface area (Å²) in [5, 5.41) is 4.88. The van der Waals surface area contributed by atoms with E-state index in [9.17, 15) is 0 Å². The number of aryl methyl sites for hydroxylation is 4. The van der Waals surface area contributed by atoms with Crippen LogP contribution in [0.2, 0.25) is 0 Å². The fourth-order valence-corrected chi connectivity index (χ4v) is 22.0. The molecule has 24 rings (SSSR count). The zero-order valence-corrected chi connectivity index (χ0v) is 73.6. The van der Waals surface area contributed by atoms with Crippen molar-refractivity contribution in [3.05, 3.63) is 540 Å². The summed E-state index contributed by atoms with van der Waals surface area (Å²) >= 11 is 1.88. The number of hydrogen-bond acceptors (Lipinski definition) is 4. The first-order valence-corrected chi connectivity index (χ1v) is 45.8. The largest absolute Gasteiger partial charge is 0.455 e. The Hall–Kier alpha value is -16.0. The molecule has 3 nitrogen and oxygen atoms in total. The van der Waals surface area contributed by atoms with Gasteiger partial charge in [-0.3, -0.25) is 0 Å². The van der Waals surface area contributed by atoms with E-state index in [2.05, 4.69) is 499 Å². The topological polar surface area (TPSA) is 19.6 Å². The van der Waals surface area contributed by atoms with Crippen LogP contribution in [-0.2, 0) is 10.8 Å². The number of thiophene rings is 1. The van der Waals surface area contributed by atoms with E-state index in [4.69, 9.17) is 4.42 Å². The molecule has 2 aliphatic carbocycles. The molecule has 0 spiro atoms. The summed E-state index contributed by atoms with van der Waals surface area (Å²) in [5.74, 6) is 0. The summed E-state index contributed by atoms with van der Waals surface area (Å²) in [6, 6.07) is 175. The van der Waals surface area contributed by atoms with Crippen molar-refractivity contribution in [3.8, 4) is 89.0 Å². The van der Waals surface area contributed by atoms with Crippen LogP contribution in [0.5, 0.6) is 0 Å². The van der Waals surface area contributed by atoms with Crippen molar-refractivity contribution in [1.82, 2.24) is 0 Å². The molecule has 130 heavy (non-hydrogen) atoms. The van der Waals surface area contributed by atoms with Crippen molar-refractivity contribution >= 4 is 87.6 Å². The molecule has 22 aromatic rings. The predicted molar refractivity (Wildman–Crippen MR) is 549 cm³/mol. The third kappa shape index (κ3) is 13.5. The third-order valence-electron chi connectivity index (χ3n) is 27.1. The Morgan fingerprint density at radius 1 is 0.208 bits per heavy atom. The Morgan fingerprint density at radius 3 is 0.985 bits per heavy atom. The molecule has 0 atom stereocenters. The van der Waals surface area contributed by atoms with Gasteiger partial charge in [-0.1, -0.05) is 423 Å². The summed E-state index contributed by atoms with van der Waals surface area (Å²) in [7, 11) is 0. The maximum Gasteiger partial charge on any atom is 0.143 e. The van der Waals surface area contributed by atoms with Crippen molar-refractivity contribution in [1.29, 1.82) is 0 Å². The molecule has 0 bridgehead atoms. The summed E-state index contributed by atoms with van der Waals surface area (Å²) in [4.78, 5) is 4.92. The molecule has 2 aliphatic rings. The highest BCUT2D eigenvalue weighted by Gasteiger charge is 2.48. The molecule has 4 heteroatoms. The van der Waals surface area contributed by atoms with Crippen LogP contribution < -0.4 is 9.80 Å². The van der Waals surface area contributed by atoms with Crippen LogP contribution in [0.15, 0.2) is 478 Å². The van der Waals surface area contributed by atoms with Gasteiger partial charge < -0.3 is 14.2 Å². The molecule has 0 radical (unpaired) electrons. The van der Waals surface area contributed by atoms with E-state index in [1.807, 2.05) is 23.5 Å². The Bertz CT molecular complexity index is 7440. The van der Waals surface area contributed by atoms with Crippen molar-refractivity contribution in [2.75, 3.05) is 9.80 Å². The van der Waals surface area contributed by atoms with Gasteiger partial charge in [0.25, 0.3) is 0 Å². The zero-order valence-electron chi connectivity index (χ0n) is 72.7. The van der Waals surface area contributed by atoms with Crippen LogP contribution in [0, 0.1) is 27.7 Å². The fourth-order valence-electron chi connectivity index (χ4n) is 20.8. The van der Waals surface area contributed by atoms with Gasteiger partial charge in [0.05, 0.1) is 22.2 Å². The highest BCUT2D eigenvalue weighted by atomic mass is 32.1. The summed E-state index contributed by atoms with van der Waals surface area (Å²) in [6.45, 7) is 8.69. The monoisotopic (exact) mass is 1680 g/mol. The van der Waals surface area contributed by atoms with E-state index in [-0.39, 0.29) is 0 Å². The standard InChI is InChI=1S/C63H45NO.C63H45NS/c2*1-42-23-33-48(34-24-42)63(49-35-25-43(2)26-36-49)58-20-9-6-16-54(58)55-40-39-51(41-59(55)63)64(60-21-10-7-15-52(60)46-29-27-45(28-30-46)44-13-4-3-5-14-44)50-37-31-47(32-38-50)53-18-12-19-57-56-17-8-11-22-61(56)65-62(53)57/h2*3-41H,1-2H3. The van der Waals surface area contributed by atoms with E-state index >= 15 is 0 Å². The van der Waals surface area contributed by atoms with Gasteiger partial charge in [0.15, 0.2) is 0 Å². The van der Waals surface area contributed by atoms with Gasteiger partial charge in [-0.15, -0.1) is 11.3 Å². The average Bonchev–Trinajstić information content (AvgIpc) is 1.54. The van der Waals surface area contributed by atoms with Crippen LogP contribution in [0.3, 0.4) is 0 Å². The van der Waals surface area contributed by atoms with Crippen LogP contribution >= 0.6 is 11.3 Å². The lowest BCUT2D eigenvalue weighted by Gasteiger charge is -2.35. The molecule has 0 fully saturated rings. The van der Waals surface area contributed by atoms with E-state index < -0.39 is 10.8 Å². The number of anilines is 6. The highest BCUT2D eigenvalue weighted by Crippen LogP contribution is 2.61. The summed E-state index contributed by atoms with van der Waals surface area (Å²) in [5.41, 5.74) is 41.6. The Balaban J connectivity index is 0.000000148. The third-order valence-corrected chi connectivity index (χ3v) is 28.3. The van der Waals surface area contributed by atoms with Crippen molar-refractivity contribution < 1.29 is 4.42 Å². The average molecular weight is 1680 g/mol. The molecule has 0 N–H and O–H groups in total. The first-order chi connectivity index (χ1) is 64.1. The molecule has 0 saturated carbocycles. The van der Waals surface area contributed by atoms with Gasteiger partial charge >= 0.3 is 0 Å². The first kappa shape index (κ1) is 78.7. The first-order valence-electron chi connectivity index (χ1n) is 45.0. The number of hydrogen-bond donors (Lipinski definition) is 0. The van der Waals surface area contributed by atoms with Gasteiger partial charge in [-0.05, 0) is 217 Å². The maximum atomic E-state index is 6.52. The Kier molecular flexibility index (Phi) is 19.8. The number of benzene rings is 20. The number of rotatable bonds is 16. The quantitative estimate of drug-likeness (QED) is 0.0961. The van der Waals surface area contributed by atoms with Gasteiger partial charge in [-0.25, -0.2) is 0 Å². The number of para-hydroxylation sites is 4. The molecule has 0 aliphatic heterocycles. The number of furan rings is 1. The Morgan fingerprint density at radius 2 is 0.523 bits per heavy atom. The smallest absolute Gasteiger partial charge is 0.143 e. The maximum absolute atomic E-state index is 6.52. The van der Waals surface area contributed by atoms with Gasteiger partial charge in [0, 0.05) is 70.4 Å². The lowest BCUT2D eigenvalue weighted by molar-refractivity contribution is 0.670. The molecule has 0 amide bonds. The SMILES string of the molecule is Cc1ccc(C2(c3ccc(C)cc3)c3ccccc3-c3ccc(N(c4ccc(-c5cccc6c5oc5ccccc56)cc4)c4ccccc4-c4ccc(-c5ccccc5)cc4)cc32)cc1.Cc1ccc(C2(c3ccc(C)cc3)c3ccccc3-c3ccc(N(c4ccc(-c5cccc6c5sc5ccccc56)cc4)c4ccccc4-c4ccc(-c5ccccc5)cc4)cc32)cc1. The molecular weight excluding hydrogens is 1590 g/mol. The number of fused-ring (bicyclic) bond motifs is 12. The van der Waals surface area contributed by atoms with Crippen molar-refractivity contribution in [2.45, 2.75) is 38.5 Å². The van der Waals surface area contributed by atoms with E-state index in [1.165, 1.54) is 154 Å². The summed E-state index contributed by atoms with van der Waals surface area (Å²) < 4.78 is 9.16. The molecule has 0 unspecified atom stereocenters. The van der Waals surface area contributed by atoms with Crippen LogP contribution in [-0.4, -0.2) is 0 Å². The van der Waals surface area contributed by atoms with E-state index in [0.29, 0.717) is 0 Å². The van der Waals surface area contributed by atoms with Crippen LogP contribution in [0.1, 0.15) is 66.8 Å². The normalized spacial score (nSPS) is 12.6. The minimum Gasteiger partial charge on any atom is -0.455 e. The molecule has 2 heterocycles. The van der Waals surface area contributed by atoms with E-state index in [1.54, 1.807) is 0 Å². The van der Waals surface area contributed by atoms with Gasteiger partial charge in [0.1, 0.15) is 11.2 Å². The number of nitrogens with zero attached hydrogens (tertiary/aromatic N) is 2. The molecule has 616 valence electrons. The summed E-state index contributed by atoms with van der Waals surface area (Å²) in [6.07, 6.45) is 0. The predicted octanol–water partition coefficient (Wildman–Crippen LogP) is 34.5.